The van der Waals surface area contributed by atoms with Gasteiger partial charge in [0.25, 0.3) is 5.56 Å². The molecule has 0 radical (unpaired) electrons. The van der Waals surface area contributed by atoms with Crippen LogP contribution >= 0.6 is 0 Å². The quantitative estimate of drug-likeness (QED) is 0.790. The van der Waals surface area contributed by atoms with Gasteiger partial charge in [-0.25, -0.2) is 0 Å². The molecule has 1 heterocycles. The largest absolute Gasteiger partial charge is 0.314 e. The summed E-state index contributed by atoms with van der Waals surface area (Å²) in [5.74, 6) is 0.777. The second-order valence-corrected chi connectivity index (χ2v) is 4.59. The van der Waals surface area contributed by atoms with Crippen molar-refractivity contribution in [3.05, 3.63) is 34.7 Å². The third-order valence-electron chi connectivity index (χ3n) is 3.14. The van der Waals surface area contributed by atoms with E-state index < -0.39 is 0 Å². The summed E-state index contributed by atoms with van der Waals surface area (Å²) in [6.45, 7) is 4.03. The Morgan fingerprint density at radius 2 is 2.31 bits per heavy atom. The number of nitrogens with one attached hydrogen (secondary N) is 1. The molecule has 0 spiro atoms. The zero-order valence-corrected chi connectivity index (χ0v) is 9.86. The van der Waals surface area contributed by atoms with Gasteiger partial charge in [-0.2, -0.15) is 0 Å². The maximum Gasteiger partial charge on any atom is 0.250 e. The van der Waals surface area contributed by atoms with Gasteiger partial charge in [0.1, 0.15) is 0 Å². The Bertz CT molecular complexity index is 382. The van der Waals surface area contributed by atoms with E-state index in [-0.39, 0.29) is 5.56 Å². The molecule has 1 saturated carbocycles. The van der Waals surface area contributed by atoms with Crippen LogP contribution < -0.4 is 10.9 Å². The first-order chi connectivity index (χ1) is 7.81. The lowest BCUT2D eigenvalue weighted by atomic mass is 10.1. The summed E-state index contributed by atoms with van der Waals surface area (Å²) in [5, 5.41) is 3.55. The fourth-order valence-electron chi connectivity index (χ4n) is 2.03. The maximum absolute atomic E-state index is 11.6. The topological polar surface area (TPSA) is 34.0 Å². The van der Waals surface area contributed by atoms with Crippen molar-refractivity contribution < 1.29 is 0 Å². The van der Waals surface area contributed by atoms with Gasteiger partial charge >= 0.3 is 0 Å². The third-order valence-corrected chi connectivity index (χ3v) is 3.14. The second kappa shape index (κ2) is 5.30. The van der Waals surface area contributed by atoms with Gasteiger partial charge in [-0.3, -0.25) is 4.79 Å². The second-order valence-electron chi connectivity index (χ2n) is 4.59. The van der Waals surface area contributed by atoms with Gasteiger partial charge < -0.3 is 9.88 Å². The van der Waals surface area contributed by atoms with Crippen LogP contribution in [0.4, 0.5) is 0 Å². The summed E-state index contributed by atoms with van der Waals surface area (Å²) >= 11 is 0. The summed E-state index contributed by atoms with van der Waals surface area (Å²) in [6, 6.07) is 5.82. The minimum atomic E-state index is 0.103. The van der Waals surface area contributed by atoms with Crippen molar-refractivity contribution in [1.82, 2.24) is 9.88 Å². The van der Waals surface area contributed by atoms with Crippen LogP contribution in [0.5, 0.6) is 0 Å². The predicted molar refractivity (Wildman–Crippen MR) is 65.5 cm³/mol. The lowest BCUT2D eigenvalue weighted by Gasteiger charge is -2.19. The molecule has 2 rings (SSSR count). The van der Waals surface area contributed by atoms with Crippen LogP contribution in [0.1, 0.15) is 26.2 Å². The normalized spacial score (nSPS) is 17.3. The van der Waals surface area contributed by atoms with Gasteiger partial charge in [0.05, 0.1) is 0 Å². The molecule has 1 aliphatic rings. The van der Waals surface area contributed by atoms with Crippen molar-refractivity contribution >= 4 is 0 Å². The standard InChI is InChI=1S/C13H20N2O/c1-2-8-14-12(11-6-7-11)10-15-9-4-3-5-13(15)16/h3-5,9,11-12,14H,2,6-8,10H2,1H3. The van der Waals surface area contributed by atoms with Gasteiger partial charge in [-0.1, -0.05) is 13.0 Å². The smallest absolute Gasteiger partial charge is 0.250 e. The lowest BCUT2D eigenvalue weighted by Crippen LogP contribution is -2.38. The van der Waals surface area contributed by atoms with Crippen LogP contribution in [-0.4, -0.2) is 17.2 Å². The molecule has 1 atom stereocenters. The van der Waals surface area contributed by atoms with E-state index in [0.717, 1.165) is 25.4 Å². The predicted octanol–water partition coefficient (Wildman–Crippen LogP) is 1.63. The molecule has 0 aromatic carbocycles. The molecule has 16 heavy (non-hydrogen) atoms. The highest BCUT2D eigenvalue weighted by molar-refractivity contribution is 4.95. The van der Waals surface area contributed by atoms with Gasteiger partial charge in [0.15, 0.2) is 0 Å². The number of nitrogens with zero attached hydrogens (tertiary/aromatic N) is 1. The summed E-state index contributed by atoms with van der Waals surface area (Å²) in [6.07, 6.45) is 5.64. The lowest BCUT2D eigenvalue weighted by molar-refractivity contribution is 0.402. The molecule has 3 nitrogen and oxygen atoms in total. The molecular formula is C13H20N2O. The number of hydrogen-bond acceptors (Lipinski definition) is 2. The Labute approximate surface area is 96.5 Å². The molecule has 1 aromatic heterocycles. The molecule has 1 fully saturated rings. The molecule has 1 aliphatic carbocycles. The average molecular weight is 220 g/mol. The van der Waals surface area contributed by atoms with Gasteiger partial charge in [-0.05, 0) is 37.8 Å². The molecular weight excluding hydrogens is 200 g/mol. The Hall–Kier alpha value is -1.09. The van der Waals surface area contributed by atoms with Crippen LogP contribution in [0.15, 0.2) is 29.2 Å². The van der Waals surface area contributed by atoms with Crippen molar-refractivity contribution in [3.63, 3.8) is 0 Å². The van der Waals surface area contributed by atoms with Crippen LogP contribution in [0.25, 0.3) is 0 Å². The molecule has 0 saturated heterocycles. The van der Waals surface area contributed by atoms with Gasteiger partial charge in [0, 0.05) is 24.8 Å². The monoisotopic (exact) mass is 220 g/mol. The minimum Gasteiger partial charge on any atom is -0.314 e. The molecule has 1 unspecified atom stereocenters. The van der Waals surface area contributed by atoms with Gasteiger partial charge in [-0.15, -0.1) is 0 Å². The Kier molecular flexibility index (Phi) is 3.78. The summed E-state index contributed by atoms with van der Waals surface area (Å²) in [5.41, 5.74) is 0.103. The number of hydrogen-bond donors (Lipinski definition) is 1. The number of rotatable bonds is 6. The Morgan fingerprint density at radius 1 is 1.50 bits per heavy atom. The van der Waals surface area contributed by atoms with Crippen LogP contribution in [-0.2, 0) is 6.54 Å². The van der Waals surface area contributed by atoms with Crippen LogP contribution in [0, 0.1) is 5.92 Å². The average Bonchev–Trinajstić information content (AvgIpc) is 3.10. The molecule has 88 valence electrons. The fourth-order valence-corrected chi connectivity index (χ4v) is 2.03. The summed E-state index contributed by atoms with van der Waals surface area (Å²) in [7, 11) is 0. The minimum absolute atomic E-state index is 0.103. The maximum atomic E-state index is 11.6. The molecule has 1 N–H and O–H groups in total. The highest BCUT2D eigenvalue weighted by Gasteiger charge is 2.30. The van der Waals surface area contributed by atoms with Crippen LogP contribution in [0.3, 0.4) is 0 Å². The molecule has 0 bridgehead atoms. The van der Waals surface area contributed by atoms with E-state index in [1.807, 2.05) is 16.8 Å². The highest BCUT2D eigenvalue weighted by Crippen LogP contribution is 2.33. The highest BCUT2D eigenvalue weighted by atomic mass is 16.1. The van der Waals surface area contributed by atoms with E-state index in [9.17, 15) is 4.79 Å². The third kappa shape index (κ3) is 2.95. The van der Waals surface area contributed by atoms with E-state index in [1.54, 1.807) is 12.1 Å². The van der Waals surface area contributed by atoms with E-state index >= 15 is 0 Å². The van der Waals surface area contributed by atoms with E-state index in [0.29, 0.717) is 6.04 Å². The zero-order chi connectivity index (χ0) is 11.4. The van der Waals surface area contributed by atoms with Crippen molar-refractivity contribution in [3.8, 4) is 0 Å². The fraction of sp³-hybridized carbons (Fsp3) is 0.615. The van der Waals surface area contributed by atoms with Crippen molar-refractivity contribution in [2.75, 3.05) is 6.54 Å². The van der Waals surface area contributed by atoms with Crippen molar-refractivity contribution in [2.45, 2.75) is 38.8 Å². The van der Waals surface area contributed by atoms with Crippen molar-refractivity contribution in [2.24, 2.45) is 5.92 Å². The molecule has 1 aromatic rings. The van der Waals surface area contributed by atoms with E-state index in [2.05, 4.69) is 12.2 Å². The number of aromatic nitrogens is 1. The van der Waals surface area contributed by atoms with E-state index in [1.165, 1.54) is 12.8 Å². The van der Waals surface area contributed by atoms with Crippen molar-refractivity contribution in [1.29, 1.82) is 0 Å². The Balaban J connectivity index is 1.99. The molecule has 0 amide bonds. The first-order valence-electron chi connectivity index (χ1n) is 6.20. The molecule has 3 heteroatoms. The SMILES string of the molecule is CCCNC(Cn1ccccc1=O)C1CC1. The van der Waals surface area contributed by atoms with Crippen LogP contribution in [0.2, 0.25) is 0 Å². The summed E-state index contributed by atoms with van der Waals surface area (Å²) < 4.78 is 1.81. The van der Waals surface area contributed by atoms with Gasteiger partial charge in [0.2, 0.25) is 0 Å². The first kappa shape index (κ1) is 11.4. The summed E-state index contributed by atoms with van der Waals surface area (Å²) in [4.78, 5) is 11.6. The van der Waals surface area contributed by atoms with E-state index in [4.69, 9.17) is 0 Å². The zero-order valence-electron chi connectivity index (χ0n) is 9.86. The Morgan fingerprint density at radius 3 is 2.94 bits per heavy atom. The first-order valence-corrected chi connectivity index (χ1v) is 6.20. The molecule has 0 aliphatic heterocycles. The number of pyridine rings is 1.